The lowest BCUT2D eigenvalue weighted by Gasteiger charge is -2.18. The van der Waals surface area contributed by atoms with Gasteiger partial charge in [0, 0.05) is 25.5 Å². The first kappa shape index (κ1) is 14.2. The summed E-state index contributed by atoms with van der Waals surface area (Å²) < 4.78 is 2.01. The van der Waals surface area contributed by atoms with Crippen molar-refractivity contribution in [3.05, 3.63) is 18.7 Å². The number of nitrogens with one attached hydrogen (secondary N) is 1. The number of carbonyl (C=O) groups is 1. The highest BCUT2D eigenvalue weighted by Gasteiger charge is 2.30. The maximum absolute atomic E-state index is 11.8. The van der Waals surface area contributed by atoms with E-state index in [2.05, 4.69) is 16.4 Å². The van der Waals surface area contributed by atoms with Gasteiger partial charge in [-0.25, -0.2) is 4.98 Å². The van der Waals surface area contributed by atoms with Crippen molar-refractivity contribution in [2.75, 3.05) is 6.54 Å². The minimum atomic E-state index is -0.898. The monoisotopic (exact) mass is 248 g/mol. The predicted molar refractivity (Wildman–Crippen MR) is 68.5 cm³/mol. The summed E-state index contributed by atoms with van der Waals surface area (Å²) in [5.74, 6) is -0.171. The number of aryl methyl sites for hydroxylation is 1. The predicted octanol–water partition coefficient (Wildman–Crippen LogP) is 1.72. The number of rotatable bonds is 7. The Bertz CT molecular complexity index is 407. The third-order valence-corrected chi connectivity index (χ3v) is 3.14. The fraction of sp³-hybridized carbons (Fsp3) is 0.615. The molecule has 0 saturated heterocycles. The molecule has 18 heavy (non-hydrogen) atoms. The molecule has 1 amide bonds. The number of hydrogen-bond acceptors (Lipinski definition) is 3. The zero-order valence-electron chi connectivity index (χ0n) is 11.0. The largest absolute Gasteiger partial charge is 0.355 e. The topological polar surface area (TPSA) is 70.7 Å². The first-order valence-electron chi connectivity index (χ1n) is 6.27. The maximum atomic E-state index is 11.8. The molecule has 0 fully saturated rings. The van der Waals surface area contributed by atoms with E-state index in [1.165, 1.54) is 0 Å². The fourth-order valence-electron chi connectivity index (χ4n) is 1.53. The third-order valence-electron chi connectivity index (χ3n) is 3.14. The van der Waals surface area contributed by atoms with E-state index in [4.69, 9.17) is 5.26 Å². The first-order chi connectivity index (χ1) is 8.62. The van der Waals surface area contributed by atoms with E-state index in [1.807, 2.05) is 17.7 Å². The highest BCUT2D eigenvalue weighted by Crippen LogP contribution is 2.19. The Kier molecular flexibility index (Phi) is 5.37. The van der Waals surface area contributed by atoms with Crippen molar-refractivity contribution in [1.82, 2.24) is 14.9 Å². The van der Waals surface area contributed by atoms with Gasteiger partial charge >= 0.3 is 0 Å². The Labute approximate surface area is 108 Å². The van der Waals surface area contributed by atoms with Gasteiger partial charge in [-0.2, -0.15) is 5.26 Å². The molecule has 0 spiro atoms. The van der Waals surface area contributed by atoms with Crippen molar-refractivity contribution in [3.63, 3.8) is 0 Å². The van der Waals surface area contributed by atoms with Crippen LogP contribution >= 0.6 is 0 Å². The number of imidazole rings is 1. The van der Waals surface area contributed by atoms with Gasteiger partial charge in [-0.1, -0.05) is 6.92 Å². The Hall–Kier alpha value is -1.83. The van der Waals surface area contributed by atoms with Gasteiger partial charge in [0.2, 0.25) is 5.91 Å². The maximum Gasteiger partial charge on any atom is 0.240 e. The van der Waals surface area contributed by atoms with Crippen LogP contribution in [0.4, 0.5) is 0 Å². The molecule has 1 rings (SSSR count). The Morgan fingerprint density at radius 2 is 2.33 bits per heavy atom. The van der Waals surface area contributed by atoms with Crippen LogP contribution in [0.25, 0.3) is 0 Å². The minimum absolute atomic E-state index is 0.171. The minimum Gasteiger partial charge on any atom is -0.355 e. The first-order valence-corrected chi connectivity index (χ1v) is 6.27. The molecule has 0 aliphatic carbocycles. The van der Waals surface area contributed by atoms with Crippen LogP contribution in [0.3, 0.4) is 0 Å². The van der Waals surface area contributed by atoms with Crippen molar-refractivity contribution in [2.24, 2.45) is 5.41 Å². The van der Waals surface area contributed by atoms with E-state index in [0.29, 0.717) is 13.0 Å². The van der Waals surface area contributed by atoms with Crippen LogP contribution < -0.4 is 5.32 Å². The molecule has 1 atom stereocenters. The summed E-state index contributed by atoms with van der Waals surface area (Å²) in [6.45, 7) is 5.04. The van der Waals surface area contributed by atoms with Gasteiger partial charge in [-0.3, -0.25) is 4.79 Å². The summed E-state index contributed by atoms with van der Waals surface area (Å²) in [5.41, 5.74) is -0.898. The van der Waals surface area contributed by atoms with Crippen LogP contribution in [0.2, 0.25) is 0 Å². The van der Waals surface area contributed by atoms with Gasteiger partial charge in [0.25, 0.3) is 0 Å². The lowest BCUT2D eigenvalue weighted by molar-refractivity contribution is -0.127. The van der Waals surface area contributed by atoms with Crippen LogP contribution in [0.1, 0.15) is 33.1 Å². The van der Waals surface area contributed by atoms with Crippen molar-refractivity contribution in [1.29, 1.82) is 5.26 Å². The molecule has 1 unspecified atom stereocenters. The molecule has 1 aromatic rings. The number of amides is 1. The molecule has 1 aromatic heterocycles. The van der Waals surface area contributed by atoms with Gasteiger partial charge in [0.1, 0.15) is 5.41 Å². The molecule has 1 N–H and O–H groups in total. The molecular weight excluding hydrogens is 228 g/mol. The SMILES string of the molecule is CCC(C)(C#N)C(=O)NCCCCn1ccnc1. The van der Waals surface area contributed by atoms with Gasteiger partial charge < -0.3 is 9.88 Å². The molecule has 0 aliphatic rings. The molecule has 0 radical (unpaired) electrons. The van der Waals surface area contributed by atoms with Crippen molar-refractivity contribution in [2.45, 2.75) is 39.7 Å². The summed E-state index contributed by atoms with van der Waals surface area (Å²) in [4.78, 5) is 15.7. The van der Waals surface area contributed by atoms with E-state index in [9.17, 15) is 4.79 Å². The lowest BCUT2D eigenvalue weighted by atomic mass is 9.88. The normalized spacial score (nSPS) is 13.6. The number of carbonyl (C=O) groups excluding carboxylic acids is 1. The van der Waals surface area contributed by atoms with Gasteiger partial charge in [0.05, 0.1) is 12.4 Å². The second-order valence-electron chi connectivity index (χ2n) is 4.56. The van der Waals surface area contributed by atoms with Crippen molar-refractivity contribution >= 4 is 5.91 Å². The smallest absolute Gasteiger partial charge is 0.240 e. The molecule has 98 valence electrons. The van der Waals surface area contributed by atoms with Crippen LogP contribution in [0.15, 0.2) is 18.7 Å². The van der Waals surface area contributed by atoms with Crippen LogP contribution in [0.5, 0.6) is 0 Å². The molecule has 0 aromatic carbocycles. The number of hydrogen-bond donors (Lipinski definition) is 1. The van der Waals surface area contributed by atoms with Crippen LogP contribution in [0, 0.1) is 16.7 Å². The molecule has 0 bridgehead atoms. The summed E-state index contributed by atoms with van der Waals surface area (Å²) in [6.07, 6.45) is 7.86. The van der Waals surface area contributed by atoms with Crippen LogP contribution in [-0.4, -0.2) is 22.0 Å². The average molecular weight is 248 g/mol. The number of unbranched alkanes of at least 4 members (excludes halogenated alkanes) is 1. The van der Waals surface area contributed by atoms with Crippen molar-refractivity contribution < 1.29 is 4.79 Å². The Morgan fingerprint density at radius 1 is 1.56 bits per heavy atom. The number of aromatic nitrogens is 2. The fourth-order valence-corrected chi connectivity index (χ4v) is 1.53. The quantitative estimate of drug-likeness (QED) is 0.747. The average Bonchev–Trinajstić information content (AvgIpc) is 2.90. The van der Waals surface area contributed by atoms with E-state index < -0.39 is 5.41 Å². The standard InChI is InChI=1S/C13H20N4O/c1-3-13(2,10-14)12(18)16-6-4-5-8-17-9-7-15-11-17/h7,9,11H,3-6,8H2,1-2H3,(H,16,18). The summed E-state index contributed by atoms with van der Waals surface area (Å²) in [5, 5.41) is 11.8. The third kappa shape index (κ3) is 3.88. The van der Waals surface area contributed by atoms with E-state index in [0.717, 1.165) is 19.4 Å². The molecule has 5 nitrogen and oxygen atoms in total. The van der Waals surface area contributed by atoms with Gasteiger partial charge in [-0.15, -0.1) is 0 Å². The summed E-state index contributed by atoms with van der Waals surface area (Å²) >= 11 is 0. The second kappa shape index (κ2) is 6.80. The highest BCUT2D eigenvalue weighted by atomic mass is 16.2. The van der Waals surface area contributed by atoms with Gasteiger partial charge in [-0.05, 0) is 26.2 Å². The molecule has 1 heterocycles. The number of nitrogens with zero attached hydrogens (tertiary/aromatic N) is 3. The molecule has 0 saturated carbocycles. The molecule has 5 heteroatoms. The number of nitriles is 1. The molecule has 0 aliphatic heterocycles. The summed E-state index contributed by atoms with van der Waals surface area (Å²) in [7, 11) is 0. The summed E-state index contributed by atoms with van der Waals surface area (Å²) in [6, 6.07) is 2.07. The van der Waals surface area contributed by atoms with Crippen molar-refractivity contribution in [3.8, 4) is 6.07 Å². The van der Waals surface area contributed by atoms with Crippen LogP contribution in [-0.2, 0) is 11.3 Å². The molecular formula is C13H20N4O. The zero-order valence-corrected chi connectivity index (χ0v) is 11.0. The second-order valence-corrected chi connectivity index (χ2v) is 4.56. The Balaban J connectivity index is 2.18. The van der Waals surface area contributed by atoms with E-state index in [-0.39, 0.29) is 5.91 Å². The highest BCUT2D eigenvalue weighted by molar-refractivity contribution is 5.84. The van der Waals surface area contributed by atoms with Gasteiger partial charge in [0.15, 0.2) is 0 Å². The Morgan fingerprint density at radius 3 is 2.89 bits per heavy atom. The van der Waals surface area contributed by atoms with E-state index in [1.54, 1.807) is 19.4 Å². The lowest BCUT2D eigenvalue weighted by Crippen LogP contribution is -2.38. The zero-order chi connectivity index (χ0) is 13.4. The van der Waals surface area contributed by atoms with E-state index >= 15 is 0 Å².